The predicted molar refractivity (Wildman–Crippen MR) is 94.7 cm³/mol. The molecule has 0 spiro atoms. The Labute approximate surface area is 155 Å². The predicted octanol–water partition coefficient (Wildman–Crippen LogP) is 3.39. The Hall–Kier alpha value is -2.29. The van der Waals surface area contributed by atoms with Crippen LogP contribution in [0, 0.1) is 5.82 Å². The van der Waals surface area contributed by atoms with Crippen LogP contribution in [-0.2, 0) is 16.4 Å². The van der Waals surface area contributed by atoms with Gasteiger partial charge in [0.05, 0.1) is 10.5 Å². The van der Waals surface area contributed by atoms with Gasteiger partial charge in [0.1, 0.15) is 5.82 Å². The topological polar surface area (TPSA) is 76.3 Å². The molecule has 1 aromatic heterocycles. The van der Waals surface area contributed by atoms with E-state index in [4.69, 9.17) is 16.1 Å². The molecule has 0 aliphatic heterocycles. The zero-order valence-electron chi connectivity index (χ0n) is 13.8. The van der Waals surface area contributed by atoms with Crippen LogP contribution in [0.25, 0.3) is 11.5 Å². The lowest BCUT2D eigenvalue weighted by Crippen LogP contribution is -2.29. The molecule has 2 aromatic carbocycles. The first-order valence-corrected chi connectivity index (χ1v) is 9.49. The molecule has 0 atom stereocenters. The Morgan fingerprint density at radius 1 is 1.19 bits per heavy atom. The Morgan fingerprint density at radius 2 is 1.96 bits per heavy atom. The average molecular weight is 396 g/mol. The molecule has 6 nitrogen and oxygen atoms in total. The number of nitrogens with zero attached hydrogens (tertiary/aromatic N) is 3. The Balaban J connectivity index is 1.70. The van der Waals surface area contributed by atoms with Gasteiger partial charge in [0.15, 0.2) is 5.82 Å². The van der Waals surface area contributed by atoms with Crippen LogP contribution >= 0.6 is 11.6 Å². The second-order valence-corrected chi connectivity index (χ2v) is 8.01. The smallest absolute Gasteiger partial charge is 0.260 e. The first-order valence-electron chi connectivity index (χ1n) is 7.67. The highest BCUT2D eigenvalue weighted by atomic mass is 35.5. The van der Waals surface area contributed by atoms with E-state index in [1.165, 1.54) is 35.6 Å². The van der Waals surface area contributed by atoms with Crippen molar-refractivity contribution in [3.63, 3.8) is 0 Å². The summed E-state index contributed by atoms with van der Waals surface area (Å²) in [5.74, 6) is -0.127. The molecule has 0 bridgehead atoms. The molecule has 0 amide bonds. The van der Waals surface area contributed by atoms with Crippen molar-refractivity contribution in [1.82, 2.24) is 14.4 Å². The lowest BCUT2D eigenvalue weighted by atomic mass is 10.2. The van der Waals surface area contributed by atoms with E-state index < -0.39 is 15.8 Å². The summed E-state index contributed by atoms with van der Waals surface area (Å²) in [7, 11) is -2.23. The third-order valence-corrected chi connectivity index (χ3v) is 5.81. The molecule has 1 heterocycles. The maximum absolute atomic E-state index is 13.7. The summed E-state index contributed by atoms with van der Waals surface area (Å²) in [5, 5.41) is 4.12. The lowest BCUT2D eigenvalue weighted by Gasteiger charge is -2.16. The molecule has 26 heavy (non-hydrogen) atoms. The van der Waals surface area contributed by atoms with Gasteiger partial charge in [-0.3, -0.25) is 0 Å². The SMILES string of the molecule is CN(CCc1noc(-c2ccccc2F)n1)S(=O)(=O)c1cccc(Cl)c1. The fourth-order valence-electron chi connectivity index (χ4n) is 2.28. The third-order valence-electron chi connectivity index (χ3n) is 3.73. The molecular weight excluding hydrogens is 381 g/mol. The molecule has 136 valence electrons. The van der Waals surface area contributed by atoms with Crippen molar-refractivity contribution in [2.24, 2.45) is 0 Å². The molecular formula is C17H15ClFN3O3S. The van der Waals surface area contributed by atoms with Crippen molar-refractivity contribution in [2.45, 2.75) is 11.3 Å². The summed E-state index contributed by atoms with van der Waals surface area (Å²) in [5.41, 5.74) is 0.200. The first-order chi connectivity index (χ1) is 12.4. The monoisotopic (exact) mass is 395 g/mol. The zero-order valence-corrected chi connectivity index (χ0v) is 15.3. The van der Waals surface area contributed by atoms with Crippen molar-refractivity contribution in [3.05, 3.63) is 65.2 Å². The molecule has 0 fully saturated rings. The van der Waals surface area contributed by atoms with Gasteiger partial charge in [-0.15, -0.1) is 0 Å². The van der Waals surface area contributed by atoms with E-state index in [1.807, 2.05) is 0 Å². The van der Waals surface area contributed by atoms with Crippen LogP contribution in [0.4, 0.5) is 4.39 Å². The fraction of sp³-hybridized carbons (Fsp3) is 0.176. The highest BCUT2D eigenvalue weighted by Gasteiger charge is 2.22. The molecule has 0 unspecified atom stereocenters. The standard InChI is InChI=1S/C17H15ClFN3O3S/c1-22(26(23,24)13-6-4-5-12(18)11-13)10-9-16-20-17(25-21-16)14-7-2-3-8-15(14)19/h2-8,11H,9-10H2,1H3. The van der Waals surface area contributed by atoms with E-state index in [1.54, 1.807) is 24.3 Å². The van der Waals surface area contributed by atoms with E-state index in [0.29, 0.717) is 5.02 Å². The average Bonchev–Trinajstić information content (AvgIpc) is 3.08. The quantitative estimate of drug-likeness (QED) is 0.639. The number of aromatic nitrogens is 2. The van der Waals surface area contributed by atoms with Crippen molar-refractivity contribution in [2.75, 3.05) is 13.6 Å². The second-order valence-electron chi connectivity index (χ2n) is 5.53. The maximum Gasteiger partial charge on any atom is 0.260 e. The van der Waals surface area contributed by atoms with Crippen LogP contribution < -0.4 is 0 Å². The van der Waals surface area contributed by atoms with Gasteiger partial charge in [-0.25, -0.2) is 17.1 Å². The third kappa shape index (κ3) is 3.92. The Morgan fingerprint density at radius 3 is 2.69 bits per heavy atom. The highest BCUT2D eigenvalue weighted by molar-refractivity contribution is 7.89. The van der Waals surface area contributed by atoms with Crippen LogP contribution in [0.15, 0.2) is 57.9 Å². The van der Waals surface area contributed by atoms with Crippen LogP contribution in [0.2, 0.25) is 5.02 Å². The van der Waals surface area contributed by atoms with Crippen LogP contribution in [0.1, 0.15) is 5.82 Å². The minimum absolute atomic E-state index is 0.0541. The molecule has 0 N–H and O–H groups in total. The van der Waals surface area contributed by atoms with E-state index >= 15 is 0 Å². The van der Waals surface area contributed by atoms with E-state index in [-0.39, 0.29) is 35.1 Å². The van der Waals surface area contributed by atoms with Crippen molar-refractivity contribution in [3.8, 4) is 11.5 Å². The summed E-state index contributed by atoms with van der Waals surface area (Å²) in [6.07, 6.45) is 0.217. The van der Waals surface area contributed by atoms with Gasteiger partial charge < -0.3 is 4.52 Å². The molecule has 0 aliphatic carbocycles. The molecule has 9 heteroatoms. The minimum Gasteiger partial charge on any atom is -0.334 e. The van der Waals surface area contributed by atoms with Crippen LogP contribution in [0.5, 0.6) is 0 Å². The second kappa shape index (κ2) is 7.53. The summed E-state index contributed by atoms with van der Waals surface area (Å²) in [6.45, 7) is 0.130. The number of rotatable bonds is 6. The Kier molecular flexibility index (Phi) is 5.36. The molecule has 0 aliphatic rings. The summed E-state index contributed by atoms with van der Waals surface area (Å²) in [4.78, 5) is 4.23. The number of likely N-dealkylation sites (N-methyl/N-ethyl adjacent to an activating group) is 1. The molecule has 3 aromatic rings. The minimum atomic E-state index is -3.68. The van der Waals surface area contributed by atoms with E-state index in [2.05, 4.69) is 10.1 Å². The largest absolute Gasteiger partial charge is 0.334 e. The van der Waals surface area contributed by atoms with Gasteiger partial charge in [-0.05, 0) is 30.3 Å². The highest BCUT2D eigenvalue weighted by Crippen LogP contribution is 2.21. The molecule has 3 rings (SSSR count). The fourth-order valence-corrected chi connectivity index (χ4v) is 3.76. The summed E-state index contributed by atoms with van der Waals surface area (Å²) < 4.78 is 45.1. The van der Waals surface area contributed by atoms with E-state index in [9.17, 15) is 12.8 Å². The van der Waals surface area contributed by atoms with Crippen molar-refractivity contribution >= 4 is 21.6 Å². The summed E-state index contributed by atoms with van der Waals surface area (Å²) in [6, 6.07) is 12.1. The van der Waals surface area contributed by atoms with E-state index in [0.717, 1.165) is 0 Å². The van der Waals surface area contributed by atoms with Crippen molar-refractivity contribution < 1.29 is 17.3 Å². The number of hydrogen-bond donors (Lipinski definition) is 0. The number of hydrogen-bond acceptors (Lipinski definition) is 5. The van der Waals surface area contributed by atoms with Crippen molar-refractivity contribution in [1.29, 1.82) is 0 Å². The van der Waals surface area contributed by atoms with Gasteiger partial charge in [-0.2, -0.15) is 4.98 Å². The first kappa shape index (κ1) is 18.5. The lowest BCUT2D eigenvalue weighted by molar-refractivity contribution is 0.413. The zero-order chi connectivity index (χ0) is 18.7. The molecule has 0 saturated heterocycles. The van der Waals surface area contributed by atoms with Crippen LogP contribution in [-0.4, -0.2) is 36.5 Å². The number of halogens is 2. The van der Waals surface area contributed by atoms with Gasteiger partial charge in [0.2, 0.25) is 10.0 Å². The normalized spacial score (nSPS) is 11.8. The van der Waals surface area contributed by atoms with Crippen LogP contribution in [0.3, 0.4) is 0 Å². The van der Waals surface area contributed by atoms with Gasteiger partial charge in [0.25, 0.3) is 5.89 Å². The van der Waals surface area contributed by atoms with Gasteiger partial charge in [0, 0.05) is 25.0 Å². The van der Waals surface area contributed by atoms with Gasteiger partial charge >= 0.3 is 0 Å². The maximum atomic E-state index is 13.7. The number of sulfonamides is 1. The Bertz CT molecular complexity index is 1020. The molecule has 0 radical (unpaired) electrons. The molecule has 0 saturated carbocycles. The number of benzene rings is 2. The summed E-state index contributed by atoms with van der Waals surface area (Å²) >= 11 is 5.86. The van der Waals surface area contributed by atoms with Gasteiger partial charge in [-0.1, -0.05) is 35.0 Å².